The van der Waals surface area contributed by atoms with E-state index in [9.17, 15) is 13.2 Å². The summed E-state index contributed by atoms with van der Waals surface area (Å²) in [6.07, 6.45) is 0. The van der Waals surface area contributed by atoms with Crippen molar-refractivity contribution in [3.05, 3.63) is 28.2 Å². The SMILES string of the molecule is CCOCCS(=O)(=O)Nc1ccc(C(=O)OCC)cc1Br. The first-order valence-corrected chi connectivity index (χ1v) is 8.89. The summed E-state index contributed by atoms with van der Waals surface area (Å²) in [6, 6.07) is 4.52. The van der Waals surface area contributed by atoms with Gasteiger partial charge in [0.1, 0.15) is 0 Å². The number of halogens is 1. The second-order valence-corrected chi connectivity index (χ2v) is 6.73. The molecule has 0 aliphatic heterocycles. The Morgan fingerprint density at radius 1 is 1.29 bits per heavy atom. The fourth-order valence-corrected chi connectivity index (χ4v) is 3.03. The third-order valence-corrected chi connectivity index (χ3v) is 4.34. The van der Waals surface area contributed by atoms with Crippen LogP contribution in [0.4, 0.5) is 5.69 Å². The highest BCUT2D eigenvalue weighted by Gasteiger charge is 2.14. The van der Waals surface area contributed by atoms with Crippen LogP contribution in [-0.4, -0.2) is 40.0 Å². The Kier molecular flexibility index (Phi) is 7.13. The summed E-state index contributed by atoms with van der Waals surface area (Å²) in [4.78, 5) is 11.6. The summed E-state index contributed by atoms with van der Waals surface area (Å²) in [5.41, 5.74) is 0.709. The zero-order chi connectivity index (χ0) is 15.9. The van der Waals surface area contributed by atoms with E-state index >= 15 is 0 Å². The molecule has 0 unspecified atom stereocenters. The molecule has 6 nitrogen and oxygen atoms in total. The minimum Gasteiger partial charge on any atom is -0.462 e. The van der Waals surface area contributed by atoms with E-state index in [-0.39, 0.29) is 19.0 Å². The van der Waals surface area contributed by atoms with Crippen LogP contribution in [0.2, 0.25) is 0 Å². The van der Waals surface area contributed by atoms with Gasteiger partial charge in [-0.25, -0.2) is 13.2 Å². The van der Waals surface area contributed by atoms with E-state index < -0.39 is 16.0 Å². The fraction of sp³-hybridized carbons (Fsp3) is 0.462. The van der Waals surface area contributed by atoms with E-state index in [1.54, 1.807) is 13.8 Å². The second-order valence-electron chi connectivity index (χ2n) is 4.03. The monoisotopic (exact) mass is 379 g/mol. The van der Waals surface area contributed by atoms with Gasteiger partial charge in [0.05, 0.1) is 30.2 Å². The van der Waals surface area contributed by atoms with Gasteiger partial charge in [-0.2, -0.15) is 0 Å². The number of esters is 1. The molecule has 0 aliphatic carbocycles. The average Bonchev–Trinajstić information content (AvgIpc) is 2.41. The van der Waals surface area contributed by atoms with Crippen molar-refractivity contribution in [1.82, 2.24) is 0 Å². The number of hydrogen-bond acceptors (Lipinski definition) is 5. The normalized spacial score (nSPS) is 11.2. The highest BCUT2D eigenvalue weighted by Crippen LogP contribution is 2.25. The van der Waals surface area contributed by atoms with Crippen molar-refractivity contribution in [3.8, 4) is 0 Å². The van der Waals surface area contributed by atoms with Gasteiger partial charge < -0.3 is 9.47 Å². The highest BCUT2D eigenvalue weighted by molar-refractivity contribution is 9.10. The van der Waals surface area contributed by atoms with E-state index in [4.69, 9.17) is 9.47 Å². The molecule has 0 amide bonds. The Hall–Kier alpha value is -1.12. The van der Waals surface area contributed by atoms with E-state index in [1.807, 2.05) is 0 Å². The Morgan fingerprint density at radius 3 is 2.57 bits per heavy atom. The molecule has 0 saturated carbocycles. The number of carbonyl (C=O) groups excluding carboxylic acids is 1. The van der Waals surface area contributed by atoms with Crippen molar-refractivity contribution in [2.24, 2.45) is 0 Å². The molecule has 1 aromatic rings. The van der Waals surface area contributed by atoms with Gasteiger partial charge in [-0.05, 0) is 48.0 Å². The third kappa shape index (κ3) is 6.03. The largest absolute Gasteiger partial charge is 0.462 e. The van der Waals surface area contributed by atoms with Crippen LogP contribution in [0.3, 0.4) is 0 Å². The molecule has 0 radical (unpaired) electrons. The molecule has 8 heteroatoms. The molecule has 0 fully saturated rings. The van der Waals surface area contributed by atoms with Crippen molar-refractivity contribution >= 4 is 37.6 Å². The standard InChI is InChI=1S/C13H18BrNO5S/c1-3-19-7-8-21(17,18)15-12-6-5-10(9-11(12)14)13(16)20-4-2/h5-6,9,15H,3-4,7-8H2,1-2H3. The second kappa shape index (κ2) is 8.35. The number of ether oxygens (including phenoxy) is 2. The predicted octanol–water partition coefficient (Wildman–Crippen LogP) is 2.40. The molecular weight excluding hydrogens is 362 g/mol. The van der Waals surface area contributed by atoms with Crippen LogP contribution < -0.4 is 4.72 Å². The minimum absolute atomic E-state index is 0.129. The summed E-state index contributed by atoms with van der Waals surface area (Å²) in [5, 5.41) is 0. The molecule has 0 spiro atoms. The number of benzene rings is 1. The van der Waals surface area contributed by atoms with Gasteiger partial charge in [-0.15, -0.1) is 0 Å². The summed E-state index contributed by atoms with van der Waals surface area (Å²) >= 11 is 3.24. The van der Waals surface area contributed by atoms with Crippen LogP contribution in [-0.2, 0) is 19.5 Å². The van der Waals surface area contributed by atoms with Gasteiger partial charge in [0.2, 0.25) is 10.0 Å². The zero-order valence-electron chi connectivity index (χ0n) is 11.9. The van der Waals surface area contributed by atoms with Crippen molar-refractivity contribution in [3.63, 3.8) is 0 Å². The molecule has 0 saturated heterocycles. The van der Waals surface area contributed by atoms with Gasteiger partial charge in [0.25, 0.3) is 0 Å². The van der Waals surface area contributed by atoms with Gasteiger partial charge >= 0.3 is 5.97 Å². The van der Waals surface area contributed by atoms with E-state index in [2.05, 4.69) is 20.7 Å². The smallest absolute Gasteiger partial charge is 0.338 e. The van der Waals surface area contributed by atoms with Crippen molar-refractivity contribution in [2.45, 2.75) is 13.8 Å². The summed E-state index contributed by atoms with van der Waals surface area (Å²) in [7, 11) is -3.49. The Bertz CT molecular complexity index is 588. The van der Waals surface area contributed by atoms with Crippen molar-refractivity contribution in [1.29, 1.82) is 0 Å². The lowest BCUT2D eigenvalue weighted by Gasteiger charge is -2.11. The predicted molar refractivity (Wildman–Crippen MR) is 84.0 cm³/mol. The topological polar surface area (TPSA) is 81.7 Å². The van der Waals surface area contributed by atoms with Crippen LogP contribution >= 0.6 is 15.9 Å². The molecule has 21 heavy (non-hydrogen) atoms. The lowest BCUT2D eigenvalue weighted by atomic mass is 10.2. The maximum atomic E-state index is 11.8. The lowest BCUT2D eigenvalue weighted by Crippen LogP contribution is -2.20. The highest BCUT2D eigenvalue weighted by atomic mass is 79.9. The Morgan fingerprint density at radius 2 is 2.00 bits per heavy atom. The lowest BCUT2D eigenvalue weighted by molar-refractivity contribution is 0.0526. The molecule has 0 atom stereocenters. The van der Waals surface area contributed by atoms with Gasteiger partial charge in [-0.1, -0.05) is 0 Å². The first kappa shape index (κ1) is 17.9. The van der Waals surface area contributed by atoms with Crippen molar-refractivity contribution in [2.75, 3.05) is 30.3 Å². The van der Waals surface area contributed by atoms with Crippen LogP contribution in [0.1, 0.15) is 24.2 Å². The number of rotatable bonds is 8. The molecule has 0 bridgehead atoms. The quantitative estimate of drug-likeness (QED) is 0.553. The number of sulfonamides is 1. The molecule has 0 heterocycles. The van der Waals surface area contributed by atoms with Crippen LogP contribution in [0.15, 0.2) is 22.7 Å². The molecule has 118 valence electrons. The Labute approximate surface area is 133 Å². The molecule has 1 aromatic carbocycles. The fourth-order valence-electron chi connectivity index (χ4n) is 1.47. The van der Waals surface area contributed by atoms with Gasteiger partial charge in [-0.3, -0.25) is 4.72 Å². The van der Waals surface area contributed by atoms with E-state index in [0.29, 0.717) is 22.3 Å². The van der Waals surface area contributed by atoms with Crippen LogP contribution in [0.25, 0.3) is 0 Å². The number of carbonyl (C=O) groups is 1. The summed E-state index contributed by atoms with van der Waals surface area (Å²) < 4.78 is 36.5. The maximum Gasteiger partial charge on any atom is 0.338 e. The molecular formula is C13H18BrNO5S. The molecule has 0 aliphatic rings. The molecule has 0 aromatic heterocycles. The Balaban J connectivity index is 2.79. The minimum atomic E-state index is -3.49. The first-order valence-electron chi connectivity index (χ1n) is 6.44. The number of anilines is 1. The zero-order valence-corrected chi connectivity index (χ0v) is 14.3. The van der Waals surface area contributed by atoms with Crippen LogP contribution in [0, 0.1) is 0 Å². The van der Waals surface area contributed by atoms with Crippen molar-refractivity contribution < 1.29 is 22.7 Å². The third-order valence-electron chi connectivity index (χ3n) is 2.45. The molecule has 1 rings (SSSR count). The molecule has 1 N–H and O–H groups in total. The summed E-state index contributed by atoms with van der Waals surface area (Å²) in [5.74, 6) is -0.587. The van der Waals surface area contributed by atoms with Gasteiger partial charge in [0.15, 0.2) is 0 Å². The first-order chi connectivity index (χ1) is 9.89. The average molecular weight is 380 g/mol. The van der Waals surface area contributed by atoms with Crippen LogP contribution in [0.5, 0.6) is 0 Å². The van der Waals surface area contributed by atoms with Gasteiger partial charge in [0, 0.05) is 11.1 Å². The van der Waals surface area contributed by atoms with E-state index in [1.165, 1.54) is 18.2 Å². The number of nitrogens with one attached hydrogen (secondary N) is 1. The number of hydrogen-bond donors (Lipinski definition) is 1. The maximum absolute atomic E-state index is 11.8. The summed E-state index contributed by atoms with van der Waals surface area (Å²) in [6.45, 7) is 4.39. The van der Waals surface area contributed by atoms with E-state index in [0.717, 1.165) is 0 Å².